The normalized spacial score (nSPS) is 25.0. The van der Waals surface area contributed by atoms with E-state index in [0.29, 0.717) is 5.57 Å². The van der Waals surface area contributed by atoms with Gasteiger partial charge in [0.25, 0.3) is 0 Å². The molecule has 0 amide bonds. The van der Waals surface area contributed by atoms with Crippen molar-refractivity contribution in [3.8, 4) is 0 Å². The minimum absolute atomic E-state index is 0.402. The molecule has 0 spiro atoms. The van der Waals surface area contributed by atoms with E-state index in [0.717, 1.165) is 0 Å². The van der Waals surface area contributed by atoms with Crippen LogP contribution in [0, 0.1) is 11.8 Å². The smallest absolute Gasteiger partial charge is 0.314 e. The Kier molecular flexibility index (Phi) is 3.08. The first-order valence-electron chi connectivity index (χ1n) is 3.63. The quantitative estimate of drug-likeness (QED) is 0.681. The molecular formula is C8H9BrO4. The Morgan fingerprint density at radius 1 is 1.23 bits per heavy atom. The molecule has 1 fully saturated rings. The van der Waals surface area contributed by atoms with Crippen molar-refractivity contribution in [2.75, 3.05) is 14.2 Å². The van der Waals surface area contributed by atoms with Crippen molar-refractivity contribution < 1.29 is 19.1 Å². The largest absolute Gasteiger partial charge is 0.469 e. The number of rotatable bonds is 2. The van der Waals surface area contributed by atoms with Crippen LogP contribution in [0.5, 0.6) is 0 Å². The van der Waals surface area contributed by atoms with Crippen LogP contribution in [0.2, 0.25) is 0 Å². The van der Waals surface area contributed by atoms with Gasteiger partial charge in [-0.2, -0.15) is 0 Å². The number of methoxy groups -OCH3 is 2. The van der Waals surface area contributed by atoms with E-state index < -0.39 is 23.8 Å². The first kappa shape index (κ1) is 10.2. The number of hydrogen-bond acceptors (Lipinski definition) is 4. The lowest BCUT2D eigenvalue weighted by Crippen LogP contribution is -2.10. The molecule has 0 radical (unpaired) electrons. The molecule has 72 valence electrons. The van der Waals surface area contributed by atoms with Crippen LogP contribution in [0.3, 0.4) is 0 Å². The first-order valence-corrected chi connectivity index (χ1v) is 4.54. The minimum atomic E-state index is -0.461. The standard InChI is InChI=1S/C8H9BrO4/c1-12-7(10)5-4(3-9)6(5)8(11)13-2/h3,5-6H,1-2H3. The monoisotopic (exact) mass is 248 g/mol. The average molecular weight is 249 g/mol. The van der Waals surface area contributed by atoms with E-state index in [-0.39, 0.29) is 0 Å². The molecule has 0 N–H and O–H groups in total. The fourth-order valence-corrected chi connectivity index (χ4v) is 1.79. The van der Waals surface area contributed by atoms with Crippen LogP contribution < -0.4 is 0 Å². The van der Waals surface area contributed by atoms with Crippen molar-refractivity contribution in [2.45, 2.75) is 0 Å². The lowest BCUT2D eigenvalue weighted by Gasteiger charge is -1.95. The third-order valence-electron chi connectivity index (χ3n) is 1.98. The third kappa shape index (κ3) is 1.75. The number of halogens is 1. The summed E-state index contributed by atoms with van der Waals surface area (Å²) in [5, 5.41) is 0. The van der Waals surface area contributed by atoms with E-state index in [1.807, 2.05) is 0 Å². The highest BCUT2D eigenvalue weighted by molar-refractivity contribution is 9.11. The Morgan fingerprint density at radius 2 is 1.62 bits per heavy atom. The molecule has 0 aromatic heterocycles. The molecule has 5 heteroatoms. The van der Waals surface area contributed by atoms with Crippen molar-refractivity contribution in [3.05, 3.63) is 10.6 Å². The van der Waals surface area contributed by atoms with Crippen LogP contribution in [-0.2, 0) is 19.1 Å². The molecule has 0 aromatic rings. The Labute approximate surface area is 84.0 Å². The van der Waals surface area contributed by atoms with E-state index in [4.69, 9.17) is 0 Å². The molecule has 2 atom stereocenters. The summed E-state index contributed by atoms with van der Waals surface area (Å²) in [4.78, 5) is 23.7. The maximum absolute atomic E-state index is 11.1. The topological polar surface area (TPSA) is 52.6 Å². The van der Waals surface area contributed by atoms with Crippen LogP contribution in [0.4, 0.5) is 0 Å². The van der Waals surface area contributed by atoms with Gasteiger partial charge < -0.3 is 9.47 Å². The summed E-state index contributed by atoms with van der Waals surface area (Å²) in [6.45, 7) is 0. The summed E-state index contributed by atoms with van der Waals surface area (Å²) in [6.07, 6.45) is 0. The first-order chi connectivity index (χ1) is 6.17. The Morgan fingerprint density at radius 3 is 1.85 bits per heavy atom. The predicted molar refractivity (Wildman–Crippen MR) is 48.0 cm³/mol. The van der Waals surface area contributed by atoms with E-state index in [2.05, 4.69) is 25.4 Å². The number of carbonyl (C=O) groups is 2. The third-order valence-corrected chi connectivity index (χ3v) is 2.51. The Balaban J connectivity index is 2.71. The van der Waals surface area contributed by atoms with Gasteiger partial charge in [0.2, 0.25) is 0 Å². The number of ether oxygens (including phenoxy) is 2. The fraction of sp³-hybridized carbons (Fsp3) is 0.500. The maximum atomic E-state index is 11.1. The number of hydrogen-bond donors (Lipinski definition) is 0. The van der Waals surface area contributed by atoms with Gasteiger partial charge in [-0.3, -0.25) is 9.59 Å². The molecule has 1 aliphatic rings. The van der Waals surface area contributed by atoms with E-state index >= 15 is 0 Å². The number of esters is 2. The maximum Gasteiger partial charge on any atom is 0.314 e. The van der Waals surface area contributed by atoms with Gasteiger partial charge in [-0.15, -0.1) is 0 Å². The molecule has 2 unspecified atom stereocenters. The average Bonchev–Trinajstić information content (AvgIpc) is 2.89. The van der Waals surface area contributed by atoms with Crippen molar-refractivity contribution in [2.24, 2.45) is 11.8 Å². The van der Waals surface area contributed by atoms with Gasteiger partial charge in [-0.1, -0.05) is 15.9 Å². The molecule has 0 saturated heterocycles. The van der Waals surface area contributed by atoms with E-state index in [1.165, 1.54) is 14.2 Å². The second-order valence-corrected chi connectivity index (χ2v) is 3.07. The molecule has 13 heavy (non-hydrogen) atoms. The zero-order valence-corrected chi connectivity index (χ0v) is 8.83. The van der Waals surface area contributed by atoms with E-state index in [9.17, 15) is 9.59 Å². The van der Waals surface area contributed by atoms with Crippen LogP contribution in [-0.4, -0.2) is 26.2 Å². The highest BCUT2D eigenvalue weighted by atomic mass is 79.9. The highest BCUT2D eigenvalue weighted by Crippen LogP contribution is 2.47. The molecule has 0 aliphatic heterocycles. The highest BCUT2D eigenvalue weighted by Gasteiger charge is 2.55. The molecule has 0 heterocycles. The summed E-state index contributed by atoms with van der Waals surface area (Å²) in [5.74, 6) is -1.73. The summed E-state index contributed by atoms with van der Waals surface area (Å²) in [7, 11) is 2.59. The second kappa shape index (κ2) is 3.91. The zero-order chi connectivity index (χ0) is 10.0. The SMILES string of the molecule is COC(=O)C1C(=CBr)C1C(=O)OC. The van der Waals surface area contributed by atoms with Gasteiger partial charge in [0.05, 0.1) is 26.1 Å². The molecule has 0 bridgehead atoms. The van der Waals surface area contributed by atoms with Crippen molar-refractivity contribution in [1.29, 1.82) is 0 Å². The molecule has 1 aliphatic carbocycles. The van der Waals surface area contributed by atoms with Crippen molar-refractivity contribution in [1.82, 2.24) is 0 Å². The number of carbonyl (C=O) groups excluding carboxylic acids is 2. The lowest BCUT2D eigenvalue weighted by atomic mass is 10.3. The second-order valence-electron chi connectivity index (χ2n) is 2.61. The Hall–Kier alpha value is -0.840. The molecule has 1 saturated carbocycles. The minimum Gasteiger partial charge on any atom is -0.469 e. The molecule has 1 rings (SSSR count). The van der Waals surface area contributed by atoms with Crippen molar-refractivity contribution in [3.63, 3.8) is 0 Å². The van der Waals surface area contributed by atoms with Gasteiger partial charge in [0.15, 0.2) is 0 Å². The van der Waals surface area contributed by atoms with E-state index in [1.54, 1.807) is 4.99 Å². The summed E-state index contributed by atoms with van der Waals surface area (Å²) in [6, 6.07) is 0. The Bertz CT molecular complexity index is 247. The summed E-state index contributed by atoms with van der Waals surface area (Å²) >= 11 is 3.07. The van der Waals surface area contributed by atoms with Gasteiger partial charge in [0, 0.05) is 0 Å². The fourth-order valence-electron chi connectivity index (χ4n) is 1.22. The van der Waals surface area contributed by atoms with Gasteiger partial charge >= 0.3 is 11.9 Å². The van der Waals surface area contributed by atoms with Crippen LogP contribution in [0.25, 0.3) is 0 Å². The molecule has 0 aromatic carbocycles. The van der Waals surface area contributed by atoms with Crippen LogP contribution >= 0.6 is 15.9 Å². The van der Waals surface area contributed by atoms with Gasteiger partial charge in [0.1, 0.15) is 0 Å². The van der Waals surface area contributed by atoms with Gasteiger partial charge in [-0.25, -0.2) is 0 Å². The van der Waals surface area contributed by atoms with Gasteiger partial charge in [-0.05, 0) is 10.6 Å². The molecule has 4 nitrogen and oxygen atoms in total. The summed E-state index contributed by atoms with van der Waals surface area (Å²) in [5.41, 5.74) is 0.707. The zero-order valence-electron chi connectivity index (χ0n) is 7.24. The van der Waals surface area contributed by atoms with Crippen LogP contribution in [0.15, 0.2) is 10.6 Å². The molecular weight excluding hydrogens is 240 g/mol. The summed E-state index contributed by atoms with van der Waals surface area (Å²) < 4.78 is 9.05. The van der Waals surface area contributed by atoms with Crippen molar-refractivity contribution >= 4 is 27.9 Å². The lowest BCUT2D eigenvalue weighted by molar-refractivity contribution is -0.148. The van der Waals surface area contributed by atoms with Crippen LogP contribution in [0.1, 0.15) is 0 Å². The predicted octanol–water partition coefficient (Wildman–Crippen LogP) is 0.857.